The maximum Gasteiger partial charge on any atom is 0.333 e. The number of benzene rings is 1. The Hall–Kier alpha value is -4.22. The number of allylic oxidation sites excluding steroid dienone is 1. The van der Waals surface area contributed by atoms with Gasteiger partial charge in [-0.1, -0.05) is 25.0 Å². The molecule has 0 bridgehead atoms. The Morgan fingerprint density at radius 1 is 1.08 bits per heavy atom. The first kappa shape index (κ1) is 36.2. The smallest absolute Gasteiger partial charge is 0.333 e. The Morgan fingerprint density at radius 2 is 1.79 bits per heavy atom. The predicted molar refractivity (Wildman–Crippen MR) is 193 cm³/mol. The summed E-state index contributed by atoms with van der Waals surface area (Å²) in [5.41, 5.74) is -0.298. The Bertz CT molecular complexity index is 1830. The number of hydrogen-bond donors (Lipinski definition) is 2. The molecule has 0 amide bonds. The summed E-state index contributed by atoms with van der Waals surface area (Å²) in [5.74, 6) is -2.72. The predicted octanol–water partition coefficient (Wildman–Crippen LogP) is 5.20. The van der Waals surface area contributed by atoms with E-state index in [0.717, 1.165) is 22.5 Å². The summed E-state index contributed by atoms with van der Waals surface area (Å²) in [7, 11) is 3.93. The maximum absolute atomic E-state index is 14.1. The number of epoxide rings is 1. The summed E-state index contributed by atoms with van der Waals surface area (Å²) in [6, 6.07) is 7.75. The van der Waals surface area contributed by atoms with Crippen molar-refractivity contribution in [2.24, 2.45) is 28.6 Å². The number of aliphatic hydroxyl groups is 1. The fraction of sp³-hybridized carbons (Fsp3) is 0.561. The molecule has 1 aromatic carbocycles. The molecule has 11 heteroatoms. The van der Waals surface area contributed by atoms with Crippen LogP contribution < -0.4 is 10.2 Å². The van der Waals surface area contributed by atoms with Gasteiger partial charge >= 0.3 is 17.9 Å². The van der Waals surface area contributed by atoms with Crippen LogP contribution in [0.15, 0.2) is 71.5 Å². The number of anilines is 2. The normalized spacial score (nSPS) is 39.4. The minimum absolute atomic E-state index is 0.141. The number of ketones is 1. The zero-order chi connectivity index (χ0) is 37.5. The van der Waals surface area contributed by atoms with Gasteiger partial charge in [0.15, 0.2) is 11.9 Å². The number of carbonyl (C=O) groups is 4. The molecule has 1 aromatic rings. The molecule has 0 radical (unpaired) electrons. The molecule has 2 N–H and O–H groups in total. The molecular weight excluding hydrogens is 664 g/mol. The molecule has 0 unspecified atom stereocenters. The van der Waals surface area contributed by atoms with Gasteiger partial charge in [0.2, 0.25) is 0 Å². The molecule has 11 nitrogen and oxygen atoms in total. The lowest BCUT2D eigenvalue weighted by Gasteiger charge is -2.61. The van der Waals surface area contributed by atoms with Crippen molar-refractivity contribution in [1.82, 2.24) is 0 Å². The number of nitrogens with zero attached hydrogens (tertiary/aromatic N) is 1. The summed E-state index contributed by atoms with van der Waals surface area (Å²) >= 11 is 0. The highest BCUT2D eigenvalue weighted by molar-refractivity contribution is 5.98. The van der Waals surface area contributed by atoms with Gasteiger partial charge in [-0.2, -0.15) is 0 Å². The third-order valence-electron chi connectivity index (χ3n) is 13.6. The Balaban J connectivity index is 1.14. The molecule has 11 atom stereocenters. The van der Waals surface area contributed by atoms with E-state index in [1.807, 2.05) is 77.0 Å². The molecule has 7 rings (SSSR count). The van der Waals surface area contributed by atoms with E-state index in [1.54, 1.807) is 13.0 Å². The van der Waals surface area contributed by atoms with E-state index in [-0.39, 0.29) is 23.6 Å². The first-order valence-corrected chi connectivity index (χ1v) is 18.3. The van der Waals surface area contributed by atoms with Crippen molar-refractivity contribution in [3.05, 3.63) is 71.5 Å². The highest BCUT2D eigenvalue weighted by Crippen LogP contribution is 2.74. The van der Waals surface area contributed by atoms with E-state index in [0.29, 0.717) is 31.3 Å². The lowest BCUT2D eigenvalue weighted by molar-refractivity contribution is -0.225. The van der Waals surface area contributed by atoms with Gasteiger partial charge in [0.1, 0.15) is 23.4 Å². The lowest BCUT2D eigenvalue weighted by atomic mass is 9.42. The summed E-state index contributed by atoms with van der Waals surface area (Å²) < 4.78 is 24.3. The zero-order valence-electron chi connectivity index (χ0n) is 31.2. The van der Waals surface area contributed by atoms with Crippen molar-refractivity contribution < 1.29 is 43.2 Å². The van der Waals surface area contributed by atoms with Gasteiger partial charge in [-0.3, -0.25) is 9.59 Å². The standard InChI is InChI=1S/C41H50N2O9/c1-22-19-31(50-37(47)23(22)2)24(3)29-20-34(49-25(4)44)40(48)30-21-35-41(52-35)33(14-13-32(45)39(41,6)28(30)15-17-38(29,40)5)51-36(46)16-18-42-26-9-11-27(12-10-26)43(7)8/h9-14,16,18,20,24,28,30-31,33-35,42,48H,15,17,19,21H2,1-8H3/b18-16+/t24-,28-,30+,31+,33-,34-,35+,38+,39-,40+,41+/m0/s1. The highest BCUT2D eigenvalue weighted by Gasteiger charge is 2.83. The Kier molecular flexibility index (Phi) is 8.65. The van der Waals surface area contributed by atoms with E-state index in [9.17, 15) is 24.3 Å². The Morgan fingerprint density at radius 3 is 2.44 bits per heavy atom. The fourth-order valence-corrected chi connectivity index (χ4v) is 10.5. The number of carbonyl (C=O) groups excluding carboxylic acids is 4. The highest BCUT2D eigenvalue weighted by atomic mass is 16.7. The van der Waals surface area contributed by atoms with Gasteiger partial charge in [-0.05, 0) is 94.4 Å². The van der Waals surface area contributed by atoms with E-state index in [2.05, 4.69) is 5.32 Å². The van der Waals surface area contributed by atoms with Gasteiger partial charge in [-0.25, -0.2) is 9.59 Å². The van der Waals surface area contributed by atoms with Crippen LogP contribution in [0.1, 0.15) is 67.2 Å². The molecule has 3 fully saturated rings. The summed E-state index contributed by atoms with van der Waals surface area (Å²) in [6.45, 7) is 10.9. The van der Waals surface area contributed by atoms with E-state index >= 15 is 0 Å². The van der Waals surface area contributed by atoms with Crippen molar-refractivity contribution in [3.63, 3.8) is 0 Å². The maximum atomic E-state index is 14.1. The molecule has 0 aromatic heterocycles. The average Bonchev–Trinajstić information content (AvgIpc) is 3.78. The van der Waals surface area contributed by atoms with Crippen molar-refractivity contribution >= 4 is 35.1 Å². The second-order valence-electron chi connectivity index (χ2n) is 16.2. The Labute approximate surface area is 305 Å². The SMILES string of the molecule is CC(=O)O[C@H]1C=C([C@H](C)[C@H]2CC(C)=C(C)C(=O)O2)[C@@]2(C)CC[C@H]3[C@@H](C[C@H]4O[C@]45[C@@H](OC(=O)/C=C/Nc4ccc(N(C)C)cc4)C=CC(=O)[C@]35C)[C@@]12O. The van der Waals surface area contributed by atoms with Gasteiger partial charge in [0.05, 0.1) is 11.5 Å². The van der Waals surface area contributed by atoms with Crippen LogP contribution in [0.3, 0.4) is 0 Å². The van der Waals surface area contributed by atoms with Crippen LogP contribution in [0.5, 0.6) is 0 Å². The summed E-state index contributed by atoms with van der Waals surface area (Å²) in [5, 5.41) is 16.3. The van der Waals surface area contributed by atoms with Gasteiger partial charge in [-0.15, -0.1) is 0 Å². The van der Waals surface area contributed by atoms with Crippen LogP contribution >= 0.6 is 0 Å². The zero-order valence-corrected chi connectivity index (χ0v) is 31.2. The van der Waals surface area contributed by atoms with E-state index in [4.69, 9.17) is 18.9 Å². The van der Waals surface area contributed by atoms with E-state index in [1.165, 1.54) is 25.3 Å². The van der Waals surface area contributed by atoms with Crippen LogP contribution in [0.25, 0.3) is 0 Å². The van der Waals surface area contributed by atoms with Crippen LogP contribution in [0.4, 0.5) is 11.4 Å². The van der Waals surface area contributed by atoms with E-state index < -0.39 is 64.3 Å². The summed E-state index contributed by atoms with van der Waals surface area (Å²) in [4.78, 5) is 54.5. The summed E-state index contributed by atoms with van der Waals surface area (Å²) in [6.07, 6.45) is 7.11. The topological polar surface area (TPSA) is 144 Å². The van der Waals surface area contributed by atoms with Crippen LogP contribution in [-0.4, -0.2) is 78.5 Å². The fourth-order valence-electron chi connectivity index (χ4n) is 10.5. The third kappa shape index (κ3) is 5.13. The van der Waals surface area contributed by atoms with Gasteiger partial charge in [0, 0.05) is 68.0 Å². The van der Waals surface area contributed by atoms with Crippen molar-refractivity contribution in [2.45, 2.75) is 103 Å². The van der Waals surface area contributed by atoms with Crippen LogP contribution in [-0.2, 0) is 38.1 Å². The molecule has 1 spiro atoms. The molecule has 52 heavy (non-hydrogen) atoms. The monoisotopic (exact) mass is 714 g/mol. The second-order valence-corrected chi connectivity index (χ2v) is 16.2. The third-order valence-corrected chi connectivity index (χ3v) is 13.6. The number of ether oxygens (including phenoxy) is 4. The molecule has 278 valence electrons. The number of cyclic esters (lactones) is 1. The first-order valence-electron chi connectivity index (χ1n) is 18.3. The largest absolute Gasteiger partial charge is 0.458 e. The molecule has 1 saturated heterocycles. The molecule has 2 aliphatic heterocycles. The molecule has 2 saturated carbocycles. The second kappa shape index (κ2) is 12.4. The lowest BCUT2D eigenvalue weighted by Crippen LogP contribution is -2.70. The minimum atomic E-state index is -1.57. The number of fused-ring (bicyclic) bond motifs is 4. The van der Waals surface area contributed by atoms with Gasteiger partial charge < -0.3 is 34.3 Å². The number of nitrogens with one attached hydrogen (secondary N) is 1. The number of rotatable bonds is 8. The van der Waals surface area contributed by atoms with Gasteiger partial charge in [0.25, 0.3) is 0 Å². The first-order chi connectivity index (χ1) is 24.5. The van der Waals surface area contributed by atoms with Crippen molar-refractivity contribution in [1.29, 1.82) is 0 Å². The molecule has 6 aliphatic rings. The molecule has 2 heterocycles. The molecular formula is C41H50N2O9. The molecule has 4 aliphatic carbocycles. The van der Waals surface area contributed by atoms with Crippen molar-refractivity contribution in [2.75, 3.05) is 24.3 Å². The van der Waals surface area contributed by atoms with Crippen LogP contribution in [0.2, 0.25) is 0 Å². The van der Waals surface area contributed by atoms with Crippen LogP contribution in [0, 0.1) is 28.6 Å². The number of esters is 3. The number of hydrogen-bond acceptors (Lipinski definition) is 11. The minimum Gasteiger partial charge on any atom is -0.458 e. The van der Waals surface area contributed by atoms with Crippen molar-refractivity contribution in [3.8, 4) is 0 Å². The average molecular weight is 715 g/mol. The quantitative estimate of drug-likeness (QED) is 0.121.